The van der Waals surface area contributed by atoms with Gasteiger partial charge in [-0.2, -0.15) is 0 Å². The summed E-state index contributed by atoms with van der Waals surface area (Å²) in [6.07, 6.45) is 0. The molecular formula is C88H66N4. The summed E-state index contributed by atoms with van der Waals surface area (Å²) in [5.74, 6) is 0. The van der Waals surface area contributed by atoms with E-state index in [1.165, 1.54) is 122 Å². The molecule has 4 heteroatoms. The van der Waals surface area contributed by atoms with E-state index in [1.54, 1.807) is 0 Å². The Morgan fingerprint density at radius 3 is 0.837 bits per heavy atom. The first-order chi connectivity index (χ1) is 45.3. The molecule has 0 N–H and O–H groups in total. The Bertz CT molecular complexity index is 5020. The zero-order valence-corrected chi connectivity index (χ0v) is 52.0. The summed E-state index contributed by atoms with van der Waals surface area (Å²) in [6.45, 7) is 9.03. The Balaban J connectivity index is 0.688. The maximum Gasteiger partial charge on any atom is 0.0540 e. The number of anilines is 6. The highest BCUT2D eigenvalue weighted by atomic mass is 15.2. The van der Waals surface area contributed by atoms with Crippen molar-refractivity contribution >= 4 is 77.5 Å². The lowest BCUT2D eigenvalue weighted by Crippen LogP contribution is -2.10. The number of nitrogens with zero attached hydrogens (tertiary/aromatic N) is 4. The van der Waals surface area contributed by atoms with Gasteiger partial charge in [-0.05, 0) is 214 Å². The van der Waals surface area contributed by atoms with Crippen molar-refractivity contribution in [3.8, 4) is 67.0 Å². The molecule has 0 radical (unpaired) electrons. The Morgan fingerprint density at radius 2 is 0.489 bits per heavy atom. The van der Waals surface area contributed by atoms with Crippen LogP contribution in [0.1, 0.15) is 22.5 Å². The van der Waals surface area contributed by atoms with Crippen molar-refractivity contribution in [1.29, 1.82) is 0 Å². The average molecular weight is 1180 g/mol. The van der Waals surface area contributed by atoms with Crippen molar-refractivity contribution < 1.29 is 0 Å². The molecule has 16 aromatic rings. The van der Waals surface area contributed by atoms with E-state index in [2.05, 4.69) is 374 Å². The van der Waals surface area contributed by atoms with Gasteiger partial charge in [0.25, 0.3) is 0 Å². The van der Waals surface area contributed by atoms with Gasteiger partial charge in [-0.25, -0.2) is 0 Å². The maximum atomic E-state index is 2.42. The van der Waals surface area contributed by atoms with Gasteiger partial charge < -0.3 is 18.9 Å². The zero-order valence-electron chi connectivity index (χ0n) is 52.0. The van der Waals surface area contributed by atoms with Gasteiger partial charge in [0.05, 0.1) is 22.4 Å². The number of benzene rings is 14. The Labute approximate surface area is 538 Å². The molecule has 0 amide bonds. The second kappa shape index (κ2) is 23.3. The molecule has 0 saturated heterocycles. The number of aryl methyl sites for hydroxylation is 2. The lowest BCUT2D eigenvalue weighted by Gasteiger charge is -2.27. The van der Waals surface area contributed by atoms with Gasteiger partial charge in [0.15, 0.2) is 0 Å². The fourth-order valence-corrected chi connectivity index (χ4v) is 13.9. The van der Waals surface area contributed by atoms with Crippen LogP contribution in [-0.4, -0.2) is 9.13 Å². The molecule has 0 aliphatic rings. The lowest BCUT2D eigenvalue weighted by molar-refractivity contribution is 1.04. The van der Waals surface area contributed by atoms with E-state index in [4.69, 9.17) is 0 Å². The van der Waals surface area contributed by atoms with Crippen LogP contribution in [0.2, 0.25) is 0 Å². The van der Waals surface area contributed by atoms with Gasteiger partial charge in [0.2, 0.25) is 0 Å². The van der Waals surface area contributed by atoms with Crippen molar-refractivity contribution in [3.05, 3.63) is 350 Å². The van der Waals surface area contributed by atoms with Gasteiger partial charge in [0, 0.05) is 67.1 Å². The second-order valence-corrected chi connectivity index (χ2v) is 24.2. The van der Waals surface area contributed by atoms with Gasteiger partial charge >= 0.3 is 0 Å². The van der Waals surface area contributed by atoms with E-state index in [9.17, 15) is 0 Å². The molecule has 0 saturated carbocycles. The van der Waals surface area contributed by atoms with Gasteiger partial charge in [-0.1, -0.05) is 218 Å². The fraction of sp³-hybridized carbons (Fsp3) is 0.0455. The Kier molecular flexibility index (Phi) is 14.1. The minimum absolute atomic E-state index is 1.09. The highest BCUT2D eigenvalue weighted by Crippen LogP contribution is 2.44. The summed E-state index contributed by atoms with van der Waals surface area (Å²) in [5, 5.41) is 7.32. The van der Waals surface area contributed by atoms with Crippen LogP contribution in [0.3, 0.4) is 0 Å². The maximum absolute atomic E-state index is 2.42. The molecule has 0 aliphatic carbocycles. The summed E-state index contributed by atoms with van der Waals surface area (Å²) < 4.78 is 4.84. The predicted octanol–water partition coefficient (Wildman–Crippen LogP) is 24.4. The molecule has 0 fully saturated rings. The zero-order chi connectivity index (χ0) is 61.8. The molecule has 2 aromatic heterocycles. The minimum atomic E-state index is 1.09. The number of hydrogen-bond acceptors (Lipinski definition) is 2. The summed E-state index contributed by atoms with van der Waals surface area (Å²) in [5.41, 5.74) is 28.3. The highest BCUT2D eigenvalue weighted by molar-refractivity contribution is 6.01. The normalized spacial score (nSPS) is 11.5. The minimum Gasteiger partial charge on any atom is -0.314 e. The number of fused-ring (bicyclic) bond motifs is 4. The molecule has 92 heavy (non-hydrogen) atoms. The van der Waals surface area contributed by atoms with E-state index >= 15 is 0 Å². The van der Waals surface area contributed by atoms with Gasteiger partial charge in [-0.15, -0.1) is 0 Å². The molecule has 4 nitrogen and oxygen atoms in total. The summed E-state index contributed by atoms with van der Waals surface area (Å²) in [7, 11) is 0. The van der Waals surface area contributed by atoms with Crippen molar-refractivity contribution in [3.63, 3.8) is 0 Å². The van der Waals surface area contributed by atoms with E-state index < -0.39 is 0 Å². The van der Waals surface area contributed by atoms with Crippen LogP contribution in [0.5, 0.6) is 0 Å². The molecular weight excluding hydrogens is 1110 g/mol. The largest absolute Gasteiger partial charge is 0.314 e. The monoisotopic (exact) mass is 1180 g/mol. The van der Waals surface area contributed by atoms with E-state index in [0.717, 1.165) is 45.5 Å². The number of aromatic nitrogens is 2. The quantitative estimate of drug-likeness (QED) is 0.114. The van der Waals surface area contributed by atoms with Crippen molar-refractivity contribution in [2.45, 2.75) is 27.7 Å². The molecule has 14 aromatic carbocycles. The lowest BCUT2D eigenvalue weighted by atomic mass is 10.00. The summed E-state index contributed by atoms with van der Waals surface area (Å²) >= 11 is 0. The van der Waals surface area contributed by atoms with Gasteiger partial charge in [0.1, 0.15) is 0 Å². The fourth-order valence-electron chi connectivity index (χ4n) is 13.9. The summed E-state index contributed by atoms with van der Waals surface area (Å²) in [6, 6.07) is 120. The first-order valence-corrected chi connectivity index (χ1v) is 31.8. The molecule has 0 spiro atoms. The third kappa shape index (κ3) is 9.99. The first-order valence-electron chi connectivity index (χ1n) is 31.8. The molecule has 0 unspecified atom stereocenters. The summed E-state index contributed by atoms with van der Waals surface area (Å²) in [4.78, 5) is 4.79. The smallest absolute Gasteiger partial charge is 0.0540 e. The van der Waals surface area contributed by atoms with Crippen molar-refractivity contribution in [1.82, 2.24) is 9.13 Å². The predicted molar refractivity (Wildman–Crippen MR) is 391 cm³/mol. The van der Waals surface area contributed by atoms with E-state index in [0.29, 0.717) is 0 Å². The average Bonchev–Trinajstić information content (AvgIpc) is 1.56. The van der Waals surface area contributed by atoms with Crippen molar-refractivity contribution in [2.75, 3.05) is 9.80 Å². The SMILES string of the molecule is Cc1c(C)n(-c2ccc(N(c3ccc(-c4ccc(-c5ccccc5)cc4)cc3)c3cccc4ccccc34)cc2)c2ccc(-c3ccc4c(c3)c(C)c(C)n4-c3ccc(N(c4ccc(-c5ccc(-c6ccccc6)cc5)cc4)c4cccc5ccccc45)cc3)cc12. The van der Waals surface area contributed by atoms with Crippen LogP contribution in [0.4, 0.5) is 34.1 Å². The molecule has 0 atom stereocenters. The Morgan fingerprint density at radius 1 is 0.217 bits per heavy atom. The second-order valence-electron chi connectivity index (χ2n) is 24.2. The number of rotatable bonds is 13. The van der Waals surface area contributed by atoms with Gasteiger partial charge in [-0.3, -0.25) is 0 Å². The Hall–Kier alpha value is -11.7. The van der Waals surface area contributed by atoms with Crippen LogP contribution in [-0.2, 0) is 0 Å². The molecule has 0 aliphatic heterocycles. The third-order valence-corrected chi connectivity index (χ3v) is 19.0. The standard InChI is InChI=1S/C88H66N4/c1-59-61(3)89(75-47-51-79(52-48-75)91(85-27-15-23-71-21-11-13-25-81(71)85)77-43-37-69(38-44-77)67-33-29-65(30-34-67)63-17-7-5-8-18-63)87-55-41-73(57-83(59)87)74-42-56-88-84(58-74)60(2)62(4)90(88)76-49-53-80(54-50-76)92(86-28-16-24-72-22-12-14-26-82(72)86)78-45-39-70(40-46-78)68-35-31-66(32-36-68)64-19-9-6-10-20-64/h5-58H,1-4H3. The molecule has 2 heterocycles. The molecule has 438 valence electrons. The van der Waals surface area contributed by atoms with Crippen LogP contribution < -0.4 is 9.80 Å². The van der Waals surface area contributed by atoms with E-state index in [1.807, 2.05) is 0 Å². The van der Waals surface area contributed by atoms with Crippen LogP contribution in [0.15, 0.2) is 328 Å². The van der Waals surface area contributed by atoms with Crippen LogP contribution in [0.25, 0.3) is 110 Å². The highest BCUT2D eigenvalue weighted by Gasteiger charge is 2.22. The first kappa shape index (κ1) is 55.6. The number of hydrogen-bond donors (Lipinski definition) is 0. The van der Waals surface area contributed by atoms with Crippen molar-refractivity contribution in [2.24, 2.45) is 0 Å². The van der Waals surface area contributed by atoms with E-state index in [-0.39, 0.29) is 0 Å². The molecule has 0 bridgehead atoms. The topological polar surface area (TPSA) is 16.3 Å². The molecule has 16 rings (SSSR count). The van der Waals surface area contributed by atoms with Crippen LogP contribution in [0, 0.1) is 27.7 Å². The third-order valence-electron chi connectivity index (χ3n) is 19.0. The van der Waals surface area contributed by atoms with Crippen LogP contribution >= 0.6 is 0 Å².